The Balaban J connectivity index is 2.03. The first kappa shape index (κ1) is 13.4. The van der Waals surface area contributed by atoms with E-state index in [9.17, 15) is 0 Å². The van der Waals surface area contributed by atoms with Crippen LogP contribution in [0.2, 0.25) is 0 Å². The predicted octanol–water partition coefficient (Wildman–Crippen LogP) is 3.47. The van der Waals surface area contributed by atoms with Gasteiger partial charge in [0.2, 0.25) is 0 Å². The third kappa shape index (κ3) is 2.67. The Hall–Kier alpha value is -2.56. The van der Waals surface area contributed by atoms with Gasteiger partial charge in [-0.2, -0.15) is 0 Å². The third-order valence-corrected chi connectivity index (χ3v) is 3.42. The summed E-state index contributed by atoms with van der Waals surface area (Å²) >= 11 is 0. The van der Waals surface area contributed by atoms with Crippen molar-refractivity contribution in [3.05, 3.63) is 48.4 Å². The molecule has 5 nitrogen and oxygen atoms in total. The van der Waals surface area contributed by atoms with Crippen LogP contribution in [0.5, 0.6) is 0 Å². The van der Waals surface area contributed by atoms with Gasteiger partial charge in [-0.25, -0.2) is 9.97 Å². The maximum absolute atomic E-state index is 4.58. The second kappa shape index (κ2) is 5.83. The molecule has 0 atom stereocenters. The number of imidazole rings is 1. The number of hydrogen-bond donors (Lipinski definition) is 2. The fraction of sp³-hybridized carbons (Fsp3) is 0.250. The van der Waals surface area contributed by atoms with Gasteiger partial charge in [0.15, 0.2) is 11.5 Å². The van der Waals surface area contributed by atoms with Crippen LogP contribution in [0, 0.1) is 0 Å². The molecular formula is C16H19N5. The van der Waals surface area contributed by atoms with Crippen LogP contribution in [-0.2, 0) is 6.42 Å². The summed E-state index contributed by atoms with van der Waals surface area (Å²) < 4.78 is 1.96. The quantitative estimate of drug-likeness (QED) is 0.752. The minimum atomic E-state index is 0.760. The topological polar surface area (TPSA) is 54.2 Å². The molecule has 1 aromatic carbocycles. The van der Waals surface area contributed by atoms with Crippen LogP contribution in [0.1, 0.15) is 18.9 Å². The number of para-hydroxylation sites is 1. The standard InChI is InChI=1S/C16H19N5/c1-3-6-12-7-4-5-8-13(12)19-15-16-18-9-10-21(16)11-14(17-2)20-15/h4-5,7-11,17H,3,6H2,1-2H3,(H,19,20). The maximum Gasteiger partial charge on any atom is 0.180 e. The average molecular weight is 281 g/mol. The lowest BCUT2D eigenvalue weighted by atomic mass is 10.1. The molecule has 0 radical (unpaired) electrons. The summed E-state index contributed by atoms with van der Waals surface area (Å²) in [6.07, 6.45) is 7.77. The van der Waals surface area contributed by atoms with Crippen molar-refractivity contribution in [1.29, 1.82) is 0 Å². The van der Waals surface area contributed by atoms with Crippen molar-refractivity contribution in [3.8, 4) is 0 Å². The molecule has 0 unspecified atom stereocenters. The fourth-order valence-electron chi connectivity index (χ4n) is 2.39. The van der Waals surface area contributed by atoms with Crippen molar-refractivity contribution in [2.45, 2.75) is 19.8 Å². The van der Waals surface area contributed by atoms with E-state index in [1.165, 1.54) is 5.56 Å². The van der Waals surface area contributed by atoms with Gasteiger partial charge in [-0.1, -0.05) is 31.5 Å². The SMILES string of the molecule is CCCc1ccccc1Nc1nc(NC)cn2ccnc12. The van der Waals surface area contributed by atoms with E-state index < -0.39 is 0 Å². The van der Waals surface area contributed by atoms with Crippen molar-refractivity contribution < 1.29 is 0 Å². The molecule has 3 aromatic rings. The number of fused-ring (bicyclic) bond motifs is 1. The molecule has 108 valence electrons. The highest BCUT2D eigenvalue weighted by atomic mass is 15.1. The molecule has 2 heterocycles. The lowest BCUT2D eigenvalue weighted by Crippen LogP contribution is -2.03. The number of nitrogens with zero attached hydrogens (tertiary/aromatic N) is 3. The van der Waals surface area contributed by atoms with Crippen molar-refractivity contribution in [2.75, 3.05) is 17.7 Å². The Bertz CT molecular complexity index is 747. The summed E-state index contributed by atoms with van der Waals surface area (Å²) in [6.45, 7) is 2.18. The molecule has 2 aromatic heterocycles. The highest BCUT2D eigenvalue weighted by Gasteiger charge is 2.09. The highest BCUT2D eigenvalue weighted by Crippen LogP contribution is 2.24. The van der Waals surface area contributed by atoms with Crippen LogP contribution in [0.25, 0.3) is 5.65 Å². The van der Waals surface area contributed by atoms with Gasteiger partial charge in [0.05, 0.1) is 6.20 Å². The summed E-state index contributed by atoms with van der Waals surface area (Å²) in [6, 6.07) is 8.33. The summed E-state index contributed by atoms with van der Waals surface area (Å²) in [5.74, 6) is 1.56. The molecule has 0 aliphatic carbocycles. The minimum Gasteiger partial charge on any atom is -0.372 e. The molecule has 0 aliphatic heterocycles. The summed E-state index contributed by atoms with van der Waals surface area (Å²) in [5.41, 5.74) is 3.20. The molecule has 0 aliphatic rings. The Labute approximate surface area is 124 Å². The molecule has 0 bridgehead atoms. The van der Waals surface area contributed by atoms with Gasteiger partial charge in [0.1, 0.15) is 5.82 Å². The van der Waals surface area contributed by atoms with Gasteiger partial charge in [-0.3, -0.25) is 0 Å². The molecule has 0 saturated heterocycles. The molecular weight excluding hydrogens is 262 g/mol. The summed E-state index contributed by atoms with van der Waals surface area (Å²) in [4.78, 5) is 8.96. The zero-order valence-corrected chi connectivity index (χ0v) is 12.3. The molecule has 0 amide bonds. The van der Waals surface area contributed by atoms with Gasteiger partial charge in [0, 0.05) is 25.1 Å². The molecule has 3 rings (SSSR count). The second-order valence-electron chi connectivity index (χ2n) is 4.92. The Morgan fingerprint density at radius 3 is 2.90 bits per heavy atom. The van der Waals surface area contributed by atoms with E-state index in [1.807, 2.05) is 29.9 Å². The van der Waals surface area contributed by atoms with Gasteiger partial charge in [-0.05, 0) is 18.1 Å². The zero-order valence-electron chi connectivity index (χ0n) is 12.3. The van der Waals surface area contributed by atoms with Crippen molar-refractivity contribution in [1.82, 2.24) is 14.4 Å². The Morgan fingerprint density at radius 2 is 2.10 bits per heavy atom. The van der Waals surface area contributed by atoms with E-state index >= 15 is 0 Å². The first-order chi connectivity index (χ1) is 10.3. The first-order valence-electron chi connectivity index (χ1n) is 7.18. The summed E-state index contributed by atoms with van der Waals surface area (Å²) in [7, 11) is 1.86. The van der Waals surface area contributed by atoms with E-state index in [0.717, 1.165) is 35.8 Å². The summed E-state index contributed by atoms with van der Waals surface area (Å²) in [5, 5.41) is 6.50. The second-order valence-corrected chi connectivity index (χ2v) is 4.92. The molecule has 0 fully saturated rings. The molecule has 0 saturated carbocycles. The normalized spacial score (nSPS) is 10.8. The van der Waals surface area contributed by atoms with E-state index in [0.29, 0.717) is 0 Å². The average Bonchev–Trinajstić information content (AvgIpc) is 2.98. The van der Waals surface area contributed by atoms with Crippen LogP contribution in [-0.4, -0.2) is 21.4 Å². The van der Waals surface area contributed by atoms with Crippen LogP contribution in [0.15, 0.2) is 42.9 Å². The van der Waals surface area contributed by atoms with Gasteiger partial charge < -0.3 is 15.0 Å². The lowest BCUT2D eigenvalue weighted by molar-refractivity contribution is 0.923. The van der Waals surface area contributed by atoms with E-state index in [4.69, 9.17) is 0 Å². The van der Waals surface area contributed by atoms with Crippen LogP contribution in [0.4, 0.5) is 17.3 Å². The highest BCUT2D eigenvalue weighted by molar-refractivity contribution is 5.73. The van der Waals surface area contributed by atoms with E-state index in [-0.39, 0.29) is 0 Å². The van der Waals surface area contributed by atoms with Crippen LogP contribution >= 0.6 is 0 Å². The minimum absolute atomic E-state index is 0.760. The number of nitrogens with one attached hydrogen (secondary N) is 2. The van der Waals surface area contributed by atoms with E-state index in [1.54, 1.807) is 6.20 Å². The predicted molar refractivity (Wildman–Crippen MR) is 86.3 cm³/mol. The first-order valence-corrected chi connectivity index (χ1v) is 7.18. The number of anilines is 3. The number of rotatable bonds is 5. The fourth-order valence-corrected chi connectivity index (χ4v) is 2.39. The largest absolute Gasteiger partial charge is 0.372 e. The molecule has 21 heavy (non-hydrogen) atoms. The number of aryl methyl sites for hydroxylation is 1. The zero-order chi connectivity index (χ0) is 14.7. The Morgan fingerprint density at radius 1 is 1.24 bits per heavy atom. The molecule has 2 N–H and O–H groups in total. The number of hydrogen-bond acceptors (Lipinski definition) is 4. The van der Waals surface area contributed by atoms with E-state index in [2.05, 4.69) is 45.7 Å². The molecule has 5 heteroatoms. The number of benzene rings is 1. The Kier molecular flexibility index (Phi) is 3.73. The third-order valence-electron chi connectivity index (χ3n) is 3.42. The van der Waals surface area contributed by atoms with Crippen LogP contribution < -0.4 is 10.6 Å². The lowest BCUT2D eigenvalue weighted by Gasteiger charge is -2.12. The smallest absolute Gasteiger partial charge is 0.180 e. The van der Waals surface area contributed by atoms with Crippen molar-refractivity contribution >= 4 is 23.0 Å². The van der Waals surface area contributed by atoms with Crippen LogP contribution in [0.3, 0.4) is 0 Å². The molecule has 0 spiro atoms. The maximum atomic E-state index is 4.58. The monoisotopic (exact) mass is 281 g/mol. The number of aromatic nitrogens is 3. The van der Waals surface area contributed by atoms with Crippen molar-refractivity contribution in [3.63, 3.8) is 0 Å². The van der Waals surface area contributed by atoms with Gasteiger partial charge >= 0.3 is 0 Å². The van der Waals surface area contributed by atoms with Gasteiger partial charge in [0.25, 0.3) is 0 Å². The van der Waals surface area contributed by atoms with Gasteiger partial charge in [-0.15, -0.1) is 0 Å². The van der Waals surface area contributed by atoms with Crippen molar-refractivity contribution in [2.24, 2.45) is 0 Å².